The molecule has 0 saturated heterocycles. The van der Waals surface area contributed by atoms with Crippen molar-refractivity contribution in [3.8, 4) is 0 Å². The zero-order chi connectivity index (χ0) is 10.4. The number of carbonyl (C=O) groups excluding carboxylic acids is 1. The zero-order valence-electron chi connectivity index (χ0n) is 8.25. The third-order valence-corrected chi connectivity index (χ3v) is 2.65. The fraction of sp³-hybridized carbons (Fsp3) is 0.556. The Bertz CT molecular complexity index is 298. The largest absolute Gasteiger partial charge is 0.351 e. The van der Waals surface area contributed by atoms with Gasteiger partial charge in [0, 0.05) is 17.5 Å². The number of nitrogens with one attached hydrogen (secondary N) is 1. The van der Waals surface area contributed by atoms with Crippen LogP contribution in [-0.4, -0.2) is 17.4 Å². The minimum absolute atomic E-state index is 0.0569. The van der Waals surface area contributed by atoms with Gasteiger partial charge in [0.15, 0.2) is 0 Å². The van der Waals surface area contributed by atoms with Crippen LogP contribution in [0.5, 0.6) is 0 Å². The highest BCUT2D eigenvalue weighted by atomic mass is 32.1. The van der Waals surface area contributed by atoms with Gasteiger partial charge >= 0.3 is 0 Å². The molecule has 0 unspecified atom stereocenters. The molecule has 1 aromatic rings. The number of rotatable bonds is 5. The van der Waals surface area contributed by atoms with E-state index >= 15 is 0 Å². The molecule has 0 atom stereocenters. The molecule has 0 fully saturated rings. The molecule has 0 aliphatic heterocycles. The van der Waals surface area contributed by atoms with Crippen molar-refractivity contribution in [2.75, 3.05) is 6.54 Å². The normalized spacial score (nSPS) is 10.1. The van der Waals surface area contributed by atoms with Crippen LogP contribution in [0, 0.1) is 6.92 Å². The Labute approximate surface area is 87.5 Å². The highest BCUT2D eigenvalue weighted by Crippen LogP contribution is 2.10. The van der Waals surface area contributed by atoms with E-state index in [0.717, 1.165) is 16.3 Å². The van der Waals surface area contributed by atoms with Crippen LogP contribution in [0.4, 0.5) is 0 Å². The third-order valence-electron chi connectivity index (χ3n) is 1.74. The van der Waals surface area contributed by atoms with Crippen molar-refractivity contribution in [1.29, 1.82) is 0 Å². The van der Waals surface area contributed by atoms with Crippen LogP contribution in [0.25, 0.3) is 0 Å². The quantitative estimate of drug-likeness (QED) is 0.760. The number of carbonyl (C=O) groups is 1. The summed E-state index contributed by atoms with van der Waals surface area (Å²) in [5, 5.41) is 3.85. The van der Waals surface area contributed by atoms with E-state index in [1.807, 2.05) is 6.92 Å². The summed E-state index contributed by atoms with van der Waals surface area (Å²) in [5.74, 6) is 0.0569. The van der Waals surface area contributed by atoms with E-state index in [9.17, 15) is 4.79 Å². The Morgan fingerprint density at radius 3 is 3.07 bits per heavy atom. The summed E-state index contributed by atoms with van der Waals surface area (Å²) in [7, 11) is 0. The van der Waals surface area contributed by atoms with Gasteiger partial charge in [-0.05, 0) is 19.9 Å². The predicted molar refractivity (Wildman–Crippen MR) is 57.0 cm³/mol. The maximum Gasteiger partial charge on any atom is 0.220 e. The number of nitrogens with zero attached hydrogens (tertiary/aromatic N) is 1. The smallest absolute Gasteiger partial charge is 0.220 e. The van der Waals surface area contributed by atoms with Crippen molar-refractivity contribution in [1.82, 2.24) is 10.3 Å². The number of hydrogen-bond acceptors (Lipinski definition) is 4. The molecule has 0 aliphatic carbocycles. The maximum absolute atomic E-state index is 11.2. The van der Waals surface area contributed by atoms with Crippen LogP contribution in [0.3, 0.4) is 0 Å². The van der Waals surface area contributed by atoms with Crippen molar-refractivity contribution in [2.45, 2.75) is 26.3 Å². The third kappa shape index (κ3) is 3.85. The molecule has 1 heterocycles. The Kier molecular flexibility index (Phi) is 4.55. The van der Waals surface area contributed by atoms with Gasteiger partial charge in [0.25, 0.3) is 0 Å². The molecule has 78 valence electrons. The first-order chi connectivity index (χ1) is 6.72. The second-order valence-corrected chi connectivity index (χ2v) is 4.33. The van der Waals surface area contributed by atoms with E-state index in [-0.39, 0.29) is 5.91 Å². The van der Waals surface area contributed by atoms with Gasteiger partial charge in [0.2, 0.25) is 5.91 Å². The Balaban J connectivity index is 2.23. The number of aromatic nitrogens is 1. The predicted octanol–water partition coefficient (Wildman–Crippen LogP) is 0.807. The Hall–Kier alpha value is -0.940. The zero-order valence-corrected chi connectivity index (χ0v) is 9.06. The topological polar surface area (TPSA) is 68.0 Å². The second-order valence-electron chi connectivity index (χ2n) is 3.01. The second kappa shape index (κ2) is 5.72. The van der Waals surface area contributed by atoms with E-state index in [0.29, 0.717) is 19.5 Å². The van der Waals surface area contributed by atoms with Crippen LogP contribution < -0.4 is 11.1 Å². The summed E-state index contributed by atoms with van der Waals surface area (Å²) in [5.41, 5.74) is 5.30. The summed E-state index contributed by atoms with van der Waals surface area (Å²) < 4.78 is 0. The van der Waals surface area contributed by atoms with Gasteiger partial charge in [-0.15, -0.1) is 11.3 Å². The van der Waals surface area contributed by atoms with Crippen LogP contribution in [0.1, 0.15) is 22.7 Å². The van der Waals surface area contributed by atoms with Gasteiger partial charge in [-0.2, -0.15) is 0 Å². The molecule has 1 amide bonds. The standard InChI is InChI=1S/C9H15N3OS/c1-7-11-5-8(14-7)6-12-9(13)3-2-4-10/h5H,2-4,6,10H2,1H3,(H,12,13). The van der Waals surface area contributed by atoms with Crippen LogP contribution in [-0.2, 0) is 11.3 Å². The van der Waals surface area contributed by atoms with Gasteiger partial charge in [0.05, 0.1) is 11.6 Å². The van der Waals surface area contributed by atoms with E-state index in [2.05, 4.69) is 10.3 Å². The molecule has 1 rings (SSSR count). The van der Waals surface area contributed by atoms with Gasteiger partial charge < -0.3 is 11.1 Å². The van der Waals surface area contributed by atoms with Crippen molar-refractivity contribution in [2.24, 2.45) is 5.73 Å². The molecule has 0 aromatic carbocycles. The first kappa shape index (κ1) is 11.1. The molecule has 14 heavy (non-hydrogen) atoms. The van der Waals surface area contributed by atoms with E-state index in [1.54, 1.807) is 17.5 Å². The summed E-state index contributed by atoms with van der Waals surface area (Å²) in [6.07, 6.45) is 3.05. The lowest BCUT2D eigenvalue weighted by Crippen LogP contribution is -2.22. The van der Waals surface area contributed by atoms with Crippen LogP contribution in [0.2, 0.25) is 0 Å². The summed E-state index contributed by atoms with van der Waals surface area (Å²) in [6.45, 7) is 3.09. The number of amides is 1. The fourth-order valence-corrected chi connectivity index (χ4v) is 1.76. The molecule has 3 N–H and O–H groups in total. The fourth-order valence-electron chi connectivity index (χ4n) is 1.02. The van der Waals surface area contributed by atoms with Crippen molar-refractivity contribution < 1.29 is 4.79 Å². The van der Waals surface area contributed by atoms with Gasteiger partial charge in [-0.25, -0.2) is 4.98 Å². The average molecular weight is 213 g/mol. The number of thiazole rings is 1. The van der Waals surface area contributed by atoms with E-state index in [4.69, 9.17) is 5.73 Å². The Morgan fingerprint density at radius 1 is 1.71 bits per heavy atom. The molecule has 0 saturated carbocycles. The summed E-state index contributed by atoms with van der Waals surface area (Å²) >= 11 is 1.60. The monoisotopic (exact) mass is 213 g/mol. The minimum atomic E-state index is 0.0569. The highest BCUT2D eigenvalue weighted by molar-refractivity contribution is 7.11. The van der Waals surface area contributed by atoms with Crippen molar-refractivity contribution in [3.05, 3.63) is 16.1 Å². The SMILES string of the molecule is Cc1ncc(CNC(=O)CCCN)s1. The van der Waals surface area contributed by atoms with E-state index in [1.165, 1.54) is 0 Å². The lowest BCUT2D eigenvalue weighted by Gasteiger charge is -2.01. The maximum atomic E-state index is 11.2. The minimum Gasteiger partial charge on any atom is -0.351 e. The Morgan fingerprint density at radius 2 is 2.50 bits per heavy atom. The summed E-state index contributed by atoms with van der Waals surface area (Å²) in [4.78, 5) is 16.4. The molecule has 4 nitrogen and oxygen atoms in total. The number of nitrogens with two attached hydrogens (primary N) is 1. The molecule has 0 spiro atoms. The van der Waals surface area contributed by atoms with E-state index < -0.39 is 0 Å². The molecule has 1 aromatic heterocycles. The van der Waals surface area contributed by atoms with Crippen LogP contribution >= 0.6 is 11.3 Å². The molecule has 5 heteroatoms. The van der Waals surface area contributed by atoms with Crippen molar-refractivity contribution >= 4 is 17.2 Å². The lowest BCUT2D eigenvalue weighted by atomic mass is 10.3. The highest BCUT2D eigenvalue weighted by Gasteiger charge is 2.02. The number of aryl methyl sites for hydroxylation is 1. The average Bonchev–Trinajstić information content (AvgIpc) is 2.58. The molecular formula is C9H15N3OS. The van der Waals surface area contributed by atoms with Gasteiger partial charge in [-0.1, -0.05) is 0 Å². The van der Waals surface area contributed by atoms with Crippen molar-refractivity contribution in [3.63, 3.8) is 0 Å². The first-order valence-corrected chi connectivity index (χ1v) is 5.42. The van der Waals surface area contributed by atoms with Crippen LogP contribution in [0.15, 0.2) is 6.20 Å². The summed E-state index contributed by atoms with van der Waals surface area (Å²) in [6, 6.07) is 0. The molecule has 0 radical (unpaired) electrons. The van der Waals surface area contributed by atoms with Gasteiger partial charge in [0.1, 0.15) is 0 Å². The van der Waals surface area contributed by atoms with Gasteiger partial charge in [-0.3, -0.25) is 4.79 Å². The molecule has 0 aliphatic rings. The molecular weight excluding hydrogens is 198 g/mol. The lowest BCUT2D eigenvalue weighted by molar-refractivity contribution is -0.121. The first-order valence-electron chi connectivity index (χ1n) is 4.60. The number of hydrogen-bond donors (Lipinski definition) is 2. The molecule has 0 bridgehead atoms.